The monoisotopic (exact) mass is 2030 g/mol. The molecule has 10 atom stereocenters. The summed E-state index contributed by atoms with van der Waals surface area (Å²) in [5.41, 5.74) is 26.5. The fraction of sp³-hybridized carbons (Fsp3) is 0.311. The summed E-state index contributed by atoms with van der Waals surface area (Å²) in [5.74, 6) is -10.9. The average Bonchev–Trinajstić information content (AvgIpc) is 1.55. The minimum atomic E-state index is -1.30. The van der Waals surface area contributed by atoms with Gasteiger partial charge in [0.1, 0.15) is 119 Å². The molecule has 1 saturated heterocycles. The van der Waals surface area contributed by atoms with E-state index in [2.05, 4.69) is 66.9 Å². The van der Waals surface area contributed by atoms with Crippen LogP contribution in [0.15, 0.2) is 220 Å². The average molecular weight is 2030 g/mol. The molecule has 10 unspecified atom stereocenters. The molecule has 0 saturated carbocycles. The van der Waals surface area contributed by atoms with Gasteiger partial charge in [0.25, 0.3) is 0 Å². The van der Waals surface area contributed by atoms with E-state index in [0.717, 1.165) is 179 Å². The molecule has 19 nitrogen and oxygen atoms in total. The number of allylic oxidation sites excluding steroid dienone is 1. The molecule has 5 spiro atoms. The van der Waals surface area contributed by atoms with E-state index in [4.69, 9.17) is 22.3 Å². The first-order valence-electron chi connectivity index (χ1n) is 45.7. The molecule has 11 aliphatic rings. The largest absolute Gasteiger partial charge is 0.384 e. The number of rotatable bonds is 13. The highest BCUT2D eigenvalue weighted by molar-refractivity contribution is 8.16. The molecular formula is C103H95F14N15O4S5. The fourth-order valence-electron chi connectivity index (χ4n) is 21.0. The number of para-hydroxylation sites is 2. The van der Waals surface area contributed by atoms with E-state index in [1.807, 2.05) is 55.5 Å². The number of thioether (sulfide) groups is 5. The fourth-order valence-corrected chi connectivity index (χ4v) is 29.1. The number of anilines is 2. The number of fused-ring (bicyclic) bond motifs is 9. The first kappa shape index (κ1) is 101. The third kappa shape index (κ3) is 18.3. The highest BCUT2D eigenvalue weighted by Gasteiger charge is 2.62. The summed E-state index contributed by atoms with van der Waals surface area (Å²) < 4.78 is 198. The van der Waals surface area contributed by atoms with Crippen LogP contribution >= 0.6 is 58.8 Å². The van der Waals surface area contributed by atoms with Crippen molar-refractivity contribution in [2.45, 2.75) is 130 Å². The van der Waals surface area contributed by atoms with E-state index in [1.54, 1.807) is 11.8 Å². The van der Waals surface area contributed by atoms with E-state index in [0.29, 0.717) is 105 Å². The number of amides is 4. The second-order valence-corrected chi connectivity index (χ2v) is 41.6. The molecule has 0 radical (unpaired) electrons. The molecule has 4 amide bonds. The molecule has 0 bridgehead atoms. The number of hydrazone groups is 5. The zero-order valence-electron chi connectivity index (χ0n) is 76.7. The highest BCUT2D eigenvalue weighted by Crippen LogP contribution is 2.65. The van der Waals surface area contributed by atoms with Gasteiger partial charge >= 0.3 is 0 Å². The number of carbonyl (C=O) groups excluding carboxylic acids is 4. The van der Waals surface area contributed by atoms with Crippen molar-refractivity contribution < 1.29 is 80.6 Å². The van der Waals surface area contributed by atoms with Crippen molar-refractivity contribution in [3.63, 3.8) is 0 Å². The number of nitrogens with one attached hydrogen (secondary N) is 2. The van der Waals surface area contributed by atoms with Gasteiger partial charge in [-0.25, -0.2) is 81.5 Å². The molecule has 38 heteroatoms. The molecule has 1 fully saturated rings. The number of aryl methyl sites for hydroxylation is 3. The van der Waals surface area contributed by atoms with Gasteiger partial charge in [0.05, 0.1) is 0 Å². The molecular weight excluding hydrogens is 1940 g/mol. The van der Waals surface area contributed by atoms with Crippen molar-refractivity contribution in [2.75, 3.05) is 49.9 Å². The maximum atomic E-state index is 14.6. The molecule has 21 rings (SSSR count). The lowest BCUT2D eigenvalue weighted by molar-refractivity contribution is -0.135. The Morgan fingerprint density at radius 2 is 0.773 bits per heavy atom. The number of nitrogens with zero attached hydrogens (tertiary/aromatic N) is 10. The Bertz CT molecular complexity index is 6840. The van der Waals surface area contributed by atoms with Crippen LogP contribution in [-0.4, -0.2) is 113 Å². The van der Waals surface area contributed by atoms with Gasteiger partial charge in [-0.15, -0.1) is 6.58 Å². The van der Waals surface area contributed by atoms with Crippen LogP contribution in [-0.2, 0) is 62.8 Å². The van der Waals surface area contributed by atoms with Gasteiger partial charge < -0.3 is 27.8 Å². The van der Waals surface area contributed by atoms with Crippen LogP contribution in [0.4, 0.5) is 72.8 Å². The van der Waals surface area contributed by atoms with E-state index >= 15 is 0 Å². The van der Waals surface area contributed by atoms with Crippen molar-refractivity contribution in [1.82, 2.24) is 25.0 Å². The van der Waals surface area contributed by atoms with Crippen molar-refractivity contribution in [3.05, 3.63) is 354 Å². The maximum Gasteiger partial charge on any atom is 0.241 e. The third-order valence-corrected chi connectivity index (χ3v) is 34.8. The van der Waals surface area contributed by atoms with Crippen LogP contribution in [0.5, 0.6) is 0 Å². The first-order valence-corrected chi connectivity index (χ1v) is 49.8. The molecule has 8 N–H and O–H groups in total. The van der Waals surface area contributed by atoms with Crippen molar-refractivity contribution in [3.8, 4) is 0 Å². The van der Waals surface area contributed by atoms with Crippen molar-refractivity contribution >= 4 is 119 Å². The van der Waals surface area contributed by atoms with Crippen LogP contribution in [0.2, 0.25) is 0 Å². The van der Waals surface area contributed by atoms with E-state index in [1.165, 1.54) is 95.6 Å². The van der Waals surface area contributed by atoms with Crippen LogP contribution in [0.1, 0.15) is 157 Å². The minimum Gasteiger partial charge on any atom is -0.384 e. The second-order valence-electron chi connectivity index (χ2n) is 35.5. The summed E-state index contributed by atoms with van der Waals surface area (Å²) in [5, 5.41) is 37.8. The van der Waals surface area contributed by atoms with E-state index < -0.39 is 113 Å². The van der Waals surface area contributed by atoms with Crippen LogP contribution in [0, 0.1) is 118 Å². The van der Waals surface area contributed by atoms with Crippen LogP contribution < -0.4 is 27.8 Å². The zero-order valence-corrected chi connectivity index (χ0v) is 80.8. The molecule has 3 aliphatic carbocycles. The summed E-state index contributed by atoms with van der Waals surface area (Å²) in [7, 11) is 0. The topological polar surface area (TPSA) is 248 Å². The summed E-state index contributed by atoms with van der Waals surface area (Å²) in [6, 6.07) is 42.3. The normalized spacial score (nSPS) is 23.8. The lowest BCUT2D eigenvalue weighted by Gasteiger charge is -2.46. The Kier molecular flexibility index (Phi) is 29.2. The lowest BCUT2D eigenvalue weighted by atomic mass is 9.76. The summed E-state index contributed by atoms with van der Waals surface area (Å²) in [6.45, 7) is 14.4. The molecule has 8 heterocycles. The lowest BCUT2D eigenvalue weighted by Crippen LogP contribution is -2.51. The number of nitrogens with two attached hydrogens (primary N) is 3. The summed E-state index contributed by atoms with van der Waals surface area (Å²) in [6.07, 6.45) is 9.21. The number of halogens is 14. The van der Waals surface area contributed by atoms with Crippen molar-refractivity contribution in [1.29, 1.82) is 0 Å². The molecule has 0 aromatic heterocycles. The first-order chi connectivity index (χ1) is 67.6. The standard InChI is InChI=1S/2C21H19F4N3OS.C21H22F2N4OS.C21H19F2N3OS.C19H16F2N2S/c1-11(29)28-21(30-20(27-28)16-8-13(22)3-5-18(16)24)12(6-7-26)2-4-15-17(21)9-14(23)10-19(15)25;1-11(29)28-21(30-20(27-28)15-9-14(22)4-5-17(15)23)13(6-7-26)3-2-12-8-18(24)19(25)10-16(12)21;1-12-4-3-5-17-19(12)25-11-14(8-9-24)21(17)27(13(2)28)26-20(29-21)16-10-15(22)6-7-18(16)23;1-3-6-14-12-24-19-8-5-4-7-17(19)21(14)26(13(2)27)25-20(28-21)16-11-15(22)9-10-18(16)23;20-14-7-8-17(21)15(11-14)18-22-23-10-9-13-6-5-12-3-1-2-4-16(12)19(13,23)24-18/h3,5,8-10,12H,2,4,6-7,26H2,1H3;4-5,8-10,13H,2-3,6-7,26H2,1H3;3-7,10,14,25H,8-9,11,24H2,1-2H3;3-5,7-11,14,24H,1,6,12H2,2H3;1-4,7-8,11,13H,5-6,9-10H2. The number of carbonyl (C=O) groups is 4. The predicted molar refractivity (Wildman–Crippen MR) is 524 cm³/mol. The zero-order chi connectivity index (χ0) is 100. The predicted octanol–water partition coefficient (Wildman–Crippen LogP) is 21.5. The van der Waals surface area contributed by atoms with Gasteiger partial charge in [0, 0.05) is 116 Å². The number of hydrogen-bond acceptors (Lipinski definition) is 20. The van der Waals surface area contributed by atoms with E-state index in [-0.39, 0.29) is 100 Å². The minimum absolute atomic E-state index is 0.0494. The third-order valence-electron chi connectivity index (χ3n) is 27.1. The number of hydrogen-bond donors (Lipinski definition) is 5. The Labute approximate surface area is 825 Å². The summed E-state index contributed by atoms with van der Waals surface area (Å²) in [4.78, 5) is 46.0. The highest BCUT2D eigenvalue weighted by atomic mass is 32.2. The van der Waals surface area contributed by atoms with Gasteiger partial charge in [0.15, 0.2) is 11.6 Å². The second kappa shape index (κ2) is 40.9. The van der Waals surface area contributed by atoms with Gasteiger partial charge in [0.2, 0.25) is 23.6 Å². The quantitative estimate of drug-likeness (QED) is 0.0532. The Morgan fingerprint density at radius 1 is 0.376 bits per heavy atom. The Hall–Kier alpha value is -11.8. The van der Waals surface area contributed by atoms with Gasteiger partial charge in [-0.1, -0.05) is 126 Å². The van der Waals surface area contributed by atoms with Gasteiger partial charge in [-0.3, -0.25) is 24.2 Å². The van der Waals surface area contributed by atoms with Crippen LogP contribution in [0.3, 0.4) is 0 Å². The van der Waals surface area contributed by atoms with Crippen LogP contribution in [0.25, 0.3) is 0 Å². The van der Waals surface area contributed by atoms with Crippen molar-refractivity contribution in [2.24, 2.45) is 72.3 Å². The smallest absolute Gasteiger partial charge is 0.241 e. The Balaban J connectivity index is 0.000000122. The molecule has 734 valence electrons. The maximum absolute atomic E-state index is 14.6. The van der Waals surface area contributed by atoms with Gasteiger partial charge in [-0.05, 0) is 269 Å². The van der Waals surface area contributed by atoms with E-state index in [9.17, 15) is 80.6 Å². The number of benzene rings is 10. The van der Waals surface area contributed by atoms with Gasteiger partial charge in [-0.2, -0.15) is 25.5 Å². The molecule has 8 aliphatic heterocycles. The molecule has 141 heavy (non-hydrogen) atoms. The molecule has 10 aromatic rings. The SMILES string of the molecule is C=CCC1CNc2ccccc2C12SC(c1cc(F)ccc1F)=NN2C(C)=O.CC(=O)N1N=C(c2cc(F)ccc2F)SC12c1cc(F)c(F)cc1CCC2CCN.CC(=O)N1N=C(c2cc(F)ccc2F)SC12c1cc(F)cc(F)c1CCC2CCN.CC(=O)N1N=C(c2cc(F)ccc2F)SC12c1cccc(C)c1NCC2CCN.Fc1ccc(F)c(C2=NN3CCC4CCc5ccccc5C43S2)c1. The Morgan fingerprint density at radius 3 is 1.25 bits per heavy atom. The summed E-state index contributed by atoms with van der Waals surface area (Å²) >= 11 is 6.27. The molecule has 10 aromatic carbocycles.